The highest BCUT2D eigenvalue weighted by atomic mass is 32.1. The Bertz CT molecular complexity index is 1280. The normalized spacial score (nSPS) is 17.7. The summed E-state index contributed by atoms with van der Waals surface area (Å²) in [5.74, 6) is 1.62. The molecule has 1 N–H and O–H groups in total. The minimum absolute atomic E-state index is 0.0204. The quantitative estimate of drug-likeness (QED) is 0.520. The zero-order chi connectivity index (χ0) is 20.1. The lowest BCUT2D eigenvalue weighted by atomic mass is 9.97. The summed E-state index contributed by atoms with van der Waals surface area (Å²) in [6, 6.07) is 3.83. The second-order valence-electron chi connectivity index (χ2n) is 7.88. The Balaban J connectivity index is 1.17. The van der Waals surface area contributed by atoms with Crippen LogP contribution in [0, 0.1) is 0 Å². The van der Waals surface area contributed by atoms with Crippen LogP contribution < -0.4 is 10.5 Å². The molecule has 4 aromatic rings. The number of tetrazole rings is 1. The van der Waals surface area contributed by atoms with E-state index in [4.69, 9.17) is 4.98 Å². The van der Waals surface area contributed by atoms with Crippen LogP contribution in [-0.2, 0) is 19.4 Å². The Morgan fingerprint density at radius 2 is 1.97 bits per heavy atom. The number of rotatable bonds is 3. The molecular weight excluding hydrogens is 402 g/mol. The summed E-state index contributed by atoms with van der Waals surface area (Å²) >= 11 is 1.70. The lowest BCUT2D eigenvalue weighted by Gasteiger charge is -2.34. The summed E-state index contributed by atoms with van der Waals surface area (Å²) in [5, 5.41) is 16.7. The van der Waals surface area contributed by atoms with Gasteiger partial charge in [-0.25, -0.2) is 4.98 Å². The van der Waals surface area contributed by atoms with E-state index in [1.54, 1.807) is 11.3 Å². The minimum Gasteiger partial charge on any atom is -0.353 e. The Hall–Kier alpha value is -2.92. The Labute approximate surface area is 175 Å². The van der Waals surface area contributed by atoms with Crippen LogP contribution in [0.5, 0.6) is 0 Å². The number of nitrogens with one attached hydrogen (secondary N) is 1. The number of hydrogen-bond acceptors (Lipinski definition) is 9. The fourth-order valence-electron chi connectivity index (χ4n) is 4.44. The SMILES string of the molecule is O=c1[nH]c(CN2CCN(c3ccc4nnnn4n3)CC2)nc2sc3c(c12)CCCC3. The molecule has 6 rings (SSSR count). The van der Waals surface area contributed by atoms with Crippen LogP contribution >= 0.6 is 11.3 Å². The third-order valence-electron chi connectivity index (χ3n) is 6.00. The Morgan fingerprint density at radius 3 is 2.87 bits per heavy atom. The number of thiophene rings is 1. The van der Waals surface area contributed by atoms with E-state index in [-0.39, 0.29) is 5.56 Å². The first kappa shape index (κ1) is 17.9. The van der Waals surface area contributed by atoms with Crippen molar-refractivity contribution in [3.05, 3.63) is 38.8 Å². The first-order chi connectivity index (χ1) is 14.7. The molecule has 154 valence electrons. The number of piperazine rings is 1. The van der Waals surface area contributed by atoms with E-state index in [9.17, 15) is 4.79 Å². The number of aromatic amines is 1. The molecule has 4 aromatic heterocycles. The fraction of sp³-hybridized carbons (Fsp3) is 0.474. The largest absolute Gasteiger partial charge is 0.353 e. The molecule has 1 saturated heterocycles. The summed E-state index contributed by atoms with van der Waals surface area (Å²) in [6.45, 7) is 4.10. The van der Waals surface area contributed by atoms with Gasteiger partial charge in [0.25, 0.3) is 5.56 Å². The van der Waals surface area contributed by atoms with Crippen LogP contribution in [0.4, 0.5) is 5.82 Å². The van der Waals surface area contributed by atoms with Gasteiger partial charge < -0.3 is 9.88 Å². The highest BCUT2D eigenvalue weighted by Crippen LogP contribution is 2.33. The number of fused-ring (bicyclic) bond motifs is 4. The van der Waals surface area contributed by atoms with Crippen molar-refractivity contribution in [2.24, 2.45) is 0 Å². The number of aromatic nitrogens is 7. The van der Waals surface area contributed by atoms with E-state index in [1.165, 1.54) is 27.9 Å². The van der Waals surface area contributed by atoms with Gasteiger partial charge in [-0.2, -0.15) is 0 Å². The van der Waals surface area contributed by atoms with E-state index in [0.717, 1.165) is 60.9 Å². The van der Waals surface area contributed by atoms with Crippen molar-refractivity contribution in [1.82, 2.24) is 40.1 Å². The molecule has 0 atom stereocenters. The van der Waals surface area contributed by atoms with Crippen LogP contribution in [0.2, 0.25) is 0 Å². The van der Waals surface area contributed by atoms with Crippen molar-refractivity contribution in [1.29, 1.82) is 0 Å². The molecule has 2 aliphatic rings. The molecule has 0 unspecified atom stereocenters. The highest BCUT2D eigenvalue weighted by Gasteiger charge is 2.22. The van der Waals surface area contributed by atoms with Gasteiger partial charge in [0.15, 0.2) is 11.5 Å². The average molecular weight is 424 g/mol. The van der Waals surface area contributed by atoms with E-state index in [1.807, 2.05) is 12.1 Å². The maximum absolute atomic E-state index is 12.8. The molecule has 0 bridgehead atoms. The molecule has 10 nitrogen and oxygen atoms in total. The molecule has 5 heterocycles. The van der Waals surface area contributed by atoms with E-state index in [0.29, 0.717) is 12.2 Å². The van der Waals surface area contributed by atoms with Gasteiger partial charge in [-0.1, -0.05) is 0 Å². The third-order valence-corrected chi connectivity index (χ3v) is 7.18. The van der Waals surface area contributed by atoms with Crippen LogP contribution in [0.1, 0.15) is 29.1 Å². The van der Waals surface area contributed by atoms with Gasteiger partial charge in [0.05, 0.1) is 11.9 Å². The molecule has 0 spiro atoms. The maximum Gasteiger partial charge on any atom is 0.259 e. The predicted octanol–water partition coefficient (Wildman–Crippen LogP) is 1.02. The average Bonchev–Trinajstić information content (AvgIpc) is 3.38. The molecule has 1 aliphatic heterocycles. The lowest BCUT2D eigenvalue weighted by molar-refractivity contribution is 0.243. The highest BCUT2D eigenvalue weighted by molar-refractivity contribution is 7.18. The number of aryl methyl sites for hydroxylation is 2. The van der Waals surface area contributed by atoms with Crippen LogP contribution in [0.3, 0.4) is 0 Å². The monoisotopic (exact) mass is 423 g/mol. The van der Waals surface area contributed by atoms with E-state index < -0.39 is 0 Å². The van der Waals surface area contributed by atoms with Crippen LogP contribution in [-0.4, -0.2) is 66.3 Å². The van der Waals surface area contributed by atoms with Gasteiger partial charge in [-0.3, -0.25) is 9.69 Å². The summed E-state index contributed by atoms with van der Waals surface area (Å²) < 4.78 is 1.45. The first-order valence-corrected chi connectivity index (χ1v) is 11.1. The molecule has 1 fully saturated rings. The van der Waals surface area contributed by atoms with Crippen LogP contribution in [0.15, 0.2) is 16.9 Å². The zero-order valence-electron chi connectivity index (χ0n) is 16.4. The van der Waals surface area contributed by atoms with Crippen molar-refractivity contribution in [2.75, 3.05) is 31.1 Å². The zero-order valence-corrected chi connectivity index (χ0v) is 17.2. The second kappa shape index (κ2) is 7.10. The van der Waals surface area contributed by atoms with Gasteiger partial charge in [0.1, 0.15) is 10.7 Å². The summed E-state index contributed by atoms with van der Waals surface area (Å²) in [6.07, 6.45) is 4.47. The van der Waals surface area contributed by atoms with Gasteiger partial charge >= 0.3 is 0 Å². The molecule has 0 amide bonds. The van der Waals surface area contributed by atoms with Gasteiger partial charge in [-0.15, -0.1) is 26.2 Å². The molecule has 30 heavy (non-hydrogen) atoms. The fourth-order valence-corrected chi connectivity index (χ4v) is 5.72. The molecule has 0 aromatic carbocycles. The Kier molecular flexibility index (Phi) is 4.23. The molecule has 11 heteroatoms. The summed E-state index contributed by atoms with van der Waals surface area (Å²) in [7, 11) is 0. The molecular formula is C19H21N9OS. The Morgan fingerprint density at radius 1 is 1.10 bits per heavy atom. The van der Waals surface area contributed by atoms with E-state index in [2.05, 4.69) is 35.4 Å². The standard InChI is InChI=1S/C19H21N9OS/c29-18-17-12-3-1-2-4-13(12)30-19(17)21-14(20-18)11-26-7-9-27(10-8-26)16-6-5-15-22-24-25-28(15)23-16/h5-6H,1-4,7-11H2,(H,20,21,29). The van der Waals surface area contributed by atoms with Crippen molar-refractivity contribution in [3.8, 4) is 0 Å². The third kappa shape index (κ3) is 3.05. The number of hydrogen-bond donors (Lipinski definition) is 1. The maximum atomic E-state index is 12.8. The first-order valence-electron chi connectivity index (χ1n) is 10.3. The molecule has 0 saturated carbocycles. The van der Waals surface area contributed by atoms with Gasteiger partial charge in [-0.05, 0) is 53.8 Å². The minimum atomic E-state index is 0.0204. The molecule has 0 radical (unpaired) electrons. The number of nitrogens with zero attached hydrogens (tertiary/aromatic N) is 8. The van der Waals surface area contributed by atoms with Gasteiger partial charge in [0.2, 0.25) is 0 Å². The van der Waals surface area contributed by atoms with Crippen molar-refractivity contribution >= 4 is 33.0 Å². The number of anilines is 1. The number of H-pyrrole nitrogens is 1. The lowest BCUT2D eigenvalue weighted by Crippen LogP contribution is -2.46. The smallest absolute Gasteiger partial charge is 0.259 e. The summed E-state index contributed by atoms with van der Waals surface area (Å²) in [5.41, 5.74) is 1.90. The van der Waals surface area contributed by atoms with Crippen molar-refractivity contribution in [3.63, 3.8) is 0 Å². The molecule has 1 aliphatic carbocycles. The predicted molar refractivity (Wildman–Crippen MR) is 113 cm³/mol. The topological polar surface area (TPSA) is 108 Å². The summed E-state index contributed by atoms with van der Waals surface area (Å²) in [4.78, 5) is 27.4. The van der Waals surface area contributed by atoms with Crippen LogP contribution in [0.25, 0.3) is 15.9 Å². The van der Waals surface area contributed by atoms with E-state index >= 15 is 0 Å². The van der Waals surface area contributed by atoms with Crippen molar-refractivity contribution < 1.29 is 0 Å². The second-order valence-corrected chi connectivity index (χ2v) is 8.97. The van der Waals surface area contributed by atoms with Gasteiger partial charge in [0, 0.05) is 31.1 Å². The van der Waals surface area contributed by atoms with Crippen molar-refractivity contribution in [2.45, 2.75) is 32.2 Å².